The Balaban J connectivity index is 0. The van der Waals surface area contributed by atoms with Gasteiger partial charge in [0.05, 0.1) is 12.0 Å². The first-order valence-corrected chi connectivity index (χ1v) is 3.56. The van der Waals surface area contributed by atoms with E-state index in [9.17, 15) is 18.3 Å². The fourth-order valence-electron chi connectivity index (χ4n) is 1.17. The van der Waals surface area contributed by atoms with E-state index in [0.717, 1.165) is 0 Å². The van der Waals surface area contributed by atoms with Crippen molar-refractivity contribution in [2.45, 2.75) is 25.1 Å². The summed E-state index contributed by atoms with van der Waals surface area (Å²) in [5.41, 5.74) is -1.69. The Morgan fingerprint density at radius 1 is 1.23 bits per heavy atom. The summed E-state index contributed by atoms with van der Waals surface area (Å²) in [7, 11) is 3.23. The van der Waals surface area contributed by atoms with Gasteiger partial charge in [-0.3, -0.25) is 0 Å². The second-order valence-electron chi connectivity index (χ2n) is 3.53. The molecule has 13 heavy (non-hydrogen) atoms. The summed E-state index contributed by atoms with van der Waals surface area (Å²) >= 11 is 0. The van der Waals surface area contributed by atoms with Crippen LogP contribution in [0.2, 0.25) is 0 Å². The van der Waals surface area contributed by atoms with Gasteiger partial charge in [-0.05, 0) is 21.0 Å². The summed E-state index contributed by atoms with van der Waals surface area (Å²) in [5, 5.41) is 9.26. The first kappa shape index (κ1) is 15.7. The first-order chi connectivity index (χ1) is 5.12. The number of likely N-dealkylation sites (N-methyl/N-ethyl adjacent to an activating group) is 1. The van der Waals surface area contributed by atoms with Crippen LogP contribution in [0, 0.1) is 0 Å². The van der Waals surface area contributed by atoms with E-state index in [1.165, 1.54) is 11.8 Å². The van der Waals surface area contributed by atoms with E-state index >= 15 is 0 Å². The van der Waals surface area contributed by atoms with Gasteiger partial charge in [0, 0.05) is 23.0 Å². The van der Waals surface area contributed by atoms with Crippen molar-refractivity contribution < 1.29 is 34.8 Å². The molecule has 0 aliphatic heterocycles. The van der Waals surface area contributed by atoms with Gasteiger partial charge in [-0.25, -0.2) is 0 Å². The zero-order chi connectivity index (χ0) is 9.99. The van der Waals surface area contributed by atoms with Gasteiger partial charge < -0.3 is 10.0 Å². The molecule has 0 bridgehead atoms. The minimum absolute atomic E-state index is 0. The molecule has 0 saturated carbocycles. The van der Waals surface area contributed by atoms with Crippen molar-refractivity contribution in [3.05, 3.63) is 0 Å². The van der Waals surface area contributed by atoms with Crippen LogP contribution in [0.25, 0.3) is 0 Å². The molecule has 0 aromatic rings. The van der Waals surface area contributed by atoms with Gasteiger partial charge in [-0.1, -0.05) is 0 Å². The molecule has 0 aromatic carbocycles. The standard InChI is InChI=1S/C7H14F3NO.Ni/c1-6(12,5-11(2)3)4-7(8,9)10;/h12H,4-5H2,1-3H3;. The normalized spacial score (nSPS) is 16.6. The molecule has 0 radical (unpaired) electrons. The number of alkyl halides is 3. The number of nitrogens with zero attached hydrogens (tertiary/aromatic N) is 1. The van der Waals surface area contributed by atoms with Gasteiger partial charge in [0.15, 0.2) is 0 Å². The van der Waals surface area contributed by atoms with E-state index < -0.39 is 18.2 Å². The van der Waals surface area contributed by atoms with Crippen molar-refractivity contribution in [3.63, 3.8) is 0 Å². The molecule has 0 aliphatic carbocycles. The van der Waals surface area contributed by atoms with Gasteiger partial charge in [0.2, 0.25) is 0 Å². The smallest absolute Gasteiger partial charge is 0.388 e. The Morgan fingerprint density at radius 2 is 1.62 bits per heavy atom. The van der Waals surface area contributed by atoms with Crippen LogP contribution in [0.5, 0.6) is 0 Å². The molecule has 2 nitrogen and oxygen atoms in total. The molecule has 1 atom stereocenters. The quantitative estimate of drug-likeness (QED) is 0.755. The third kappa shape index (κ3) is 10.1. The Morgan fingerprint density at radius 3 is 1.85 bits per heavy atom. The van der Waals surface area contributed by atoms with Crippen LogP contribution in [0.3, 0.4) is 0 Å². The zero-order valence-electron chi connectivity index (χ0n) is 7.76. The zero-order valence-corrected chi connectivity index (χ0v) is 8.75. The summed E-state index contributed by atoms with van der Waals surface area (Å²) in [4.78, 5) is 1.52. The van der Waals surface area contributed by atoms with Crippen molar-refractivity contribution in [1.29, 1.82) is 0 Å². The molecule has 0 saturated heterocycles. The summed E-state index contributed by atoms with van der Waals surface area (Å²) in [5.74, 6) is 0. The SMILES string of the molecule is CN(C)CC(C)(O)CC(F)(F)F.[Ni]. The summed E-state index contributed by atoms with van der Waals surface area (Å²) in [6.45, 7) is 1.19. The van der Waals surface area contributed by atoms with Crippen molar-refractivity contribution in [1.82, 2.24) is 4.90 Å². The third-order valence-electron chi connectivity index (χ3n) is 1.24. The molecule has 1 unspecified atom stereocenters. The molecule has 0 aromatic heterocycles. The summed E-state index contributed by atoms with van der Waals surface area (Å²) < 4.78 is 35.5. The number of rotatable bonds is 3. The monoisotopic (exact) mass is 243 g/mol. The summed E-state index contributed by atoms with van der Waals surface area (Å²) in [6, 6.07) is 0. The predicted molar refractivity (Wildman–Crippen MR) is 39.8 cm³/mol. The van der Waals surface area contributed by atoms with Crippen LogP contribution in [-0.2, 0) is 16.5 Å². The van der Waals surface area contributed by atoms with Gasteiger partial charge in [0.1, 0.15) is 0 Å². The largest absolute Gasteiger partial charge is 0.391 e. The van der Waals surface area contributed by atoms with E-state index in [1.54, 1.807) is 14.1 Å². The van der Waals surface area contributed by atoms with Crippen molar-refractivity contribution in [2.75, 3.05) is 20.6 Å². The van der Waals surface area contributed by atoms with Gasteiger partial charge in [0.25, 0.3) is 0 Å². The molecule has 0 heterocycles. The van der Waals surface area contributed by atoms with Crippen molar-refractivity contribution in [3.8, 4) is 0 Å². The second-order valence-corrected chi connectivity index (χ2v) is 3.53. The third-order valence-corrected chi connectivity index (χ3v) is 1.24. The van der Waals surface area contributed by atoms with Crippen LogP contribution >= 0.6 is 0 Å². The van der Waals surface area contributed by atoms with Crippen molar-refractivity contribution >= 4 is 0 Å². The Hall–Kier alpha value is 0.204. The number of hydrogen-bond donors (Lipinski definition) is 1. The fourth-order valence-corrected chi connectivity index (χ4v) is 1.17. The van der Waals surface area contributed by atoms with Gasteiger partial charge in [-0.2, -0.15) is 13.2 Å². The molecule has 1 N–H and O–H groups in total. The maximum absolute atomic E-state index is 11.8. The number of halogens is 3. The number of hydrogen-bond acceptors (Lipinski definition) is 2. The predicted octanol–water partition coefficient (Wildman–Crippen LogP) is 1.25. The maximum atomic E-state index is 11.8. The molecule has 0 spiro atoms. The van der Waals surface area contributed by atoms with E-state index in [2.05, 4.69) is 0 Å². The summed E-state index contributed by atoms with van der Waals surface area (Å²) in [6.07, 6.45) is -5.47. The van der Waals surface area contributed by atoms with Crippen LogP contribution in [0.4, 0.5) is 13.2 Å². The van der Waals surface area contributed by atoms with Gasteiger partial charge in [-0.15, -0.1) is 0 Å². The fraction of sp³-hybridized carbons (Fsp3) is 1.00. The minimum Gasteiger partial charge on any atom is -0.388 e. The molecule has 84 valence electrons. The Kier molecular flexibility index (Phi) is 6.24. The van der Waals surface area contributed by atoms with Crippen LogP contribution in [0.1, 0.15) is 13.3 Å². The molecule has 0 fully saturated rings. The molecule has 6 heteroatoms. The van der Waals surface area contributed by atoms with E-state index in [0.29, 0.717) is 0 Å². The van der Waals surface area contributed by atoms with Crippen LogP contribution in [0.15, 0.2) is 0 Å². The Labute approximate surface area is 86.0 Å². The van der Waals surface area contributed by atoms with Crippen molar-refractivity contribution in [2.24, 2.45) is 0 Å². The van der Waals surface area contributed by atoms with Crippen LogP contribution < -0.4 is 0 Å². The Bertz CT molecular complexity index is 147. The average Bonchev–Trinajstić information content (AvgIpc) is 1.48. The average molecular weight is 244 g/mol. The first-order valence-electron chi connectivity index (χ1n) is 3.56. The second kappa shape index (κ2) is 5.18. The topological polar surface area (TPSA) is 23.5 Å². The molecule has 0 rings (SSSR count). The minimum atomic E-state index is -4.31. The molecule has 0 amide bonds. The van der Waals surface area contributed by atoms with E-state index in [1.807, 2.05) is 0 Å². The molecule has 0 aliphatic rings. The molecular weight excluding hydrogens is 230 g/mol. The van der Waals surface area contributed by atoms with Gasteiger partial charge >= 0.3 is 6.18 Å². The van der Waals surface area contributed by atoms with E-state index in [4.69, 9.17) is 0 Å². The number of aliphatic hydroxyl groups is 1. The van der Waals surface area contributed by atoms with Crippen LogP contribution in [-0.4, -0.2) is 42.4 Å². The maximum Gasteiger partial charge on any atom is 0.391 e. The van der Waals surface area contributed by atoms with E-state index in [-0.39, 0.29) is 23.0 Å². The molecular formula is C7H14F3NNiO.